The molecule has 0 atom stereocenters. The van der Waals surface area contributed by atoms with Crippen molar-refractivity contribution in [1.29, 1.82) is 0 Å². The molecule has 0 unspecified atom stereocenters. The molecule has 1 amide bonds. The van der Waals surface area contributed by atoms with E-state index in [1.54, 1.807) is 11.8 Å². The van der Waals surface area contributed by atoms with Crippen molar-refractivity contribution in [2.24, 2.45) is 5.92 Å². The number of carbonyl (C=O) groups is 2. The van der Waals surface area contributed by atoms with Crippen LogP contribution in [0.5, 0.6) is 0 Å². The minimum atomic E-state index is -0.162. The van der Waals surface area contributed by atoms with Crippen molar-refractivity contribution in [3.05, 3.63) is 0 Å². The van der Waals surface area contributed by atoms with Crippen molar-refractivity contribution in [2.75, 3.05) is 26.3 Å². The van der Waals surface area contributed by atoms with Gasteiger partial charge in [0.1, 0.15) is 6.61 Å². The van der Waals surface area contributed by atoms with Gasteiger partial charge in [-0.05, 0) is 26.7 Å². The van der Waals surface area contributed by atoms with Gasteiger partial charge in [0.25, 0.3) is 0 Å². The van der Waals surface area contributed by atoms with Crippen LogP contribution in [0.4, 0.5) is 0 Å². The number of rotatable bonds is 5. The molecule has 0 radical (unpaired) electrons. The second-order valence-corrected chi connectivity index (χ2v) is 4.87. The number of piperidine rings is 1. The molecule has 1 saturated heterocycles. The Hall–Kier alpha value is -1.10. The van der Waals surface area contributed by atoms with E-state index in [0.29, 0.717) is 39.1 Å². The normalized spacial score (nSPS) is 17.0. The van der Waals surface area contributed by atoms with Gasteiger partial charge in [-0.3, -0.25) is 9.59 Å². The minimum Gasteiger partial charge on any atom is -0.463 e. The number of amides is 1. The summed E-state index contributed by atoms with van der Waals surface area (Å²) in [6.07, 6.45) is 1.55. The second-order valence-electron chi connectivity index (χ2n) is 4.87. The van der Waals surface area contributed by atoms with Gasteiger partial charge < -0.3 is 14.4 Å². The summed E-state index contributed by atoms with van der Waals surface area (Å²) in [5, 5.41) is 0. The second kappa shape index (κ2) is 7.36. The van der Waals surface area contributed by atoms with Crippen LogP contribution in [0.1, 0.15) is 33.6 Å². The lowest BCUT2D eigenvalue weighted by Gasteiger charge is -2.30. The van der Waals surface area contributed by atoms with Gasteiger partial charge in [-0.1, -0.05) is 0 Å². The van der Waals surface area contributed by atoms with E-state index in [1.165, 1.54) is 0 Å². The van der Waals surface area contributed by atoms with E-state index in [-0.39, 0.29) is 23.9 Å². The van der Waals surface area contributed by atoms with Gasteiger partial charge in [-0.2, -0.15) is 0 Å². The molecule has 0 aromatic heterocycles. The maximum absolute atomic E-state index is 11.7. The molecular weight excluding hydrogens is 234 g/mol. The van der Waals surface area contributed by atoms with Gasteiger partial charge >= 0.3 is 5.97 Å². The molecule has 5 nitrogen and oxygen atoms in total. The van der Waals surface area contributed by atoms with E-state index in [1.807, 2.05) is 13.8 Å². The number of hydrogen-bond acceptors (Lipinski definition) is 4. The van der Waals surface area contributed by atoms with Gasteiger partial charge in [0.05, 0.1) is 18.6 Å². The first-order valence-corrected chi connectivity index (χ1v) is 6.54. The lowest BCUT2D eigenvalue weighted by atomic mass is 9.97. The number of carbonyl (C=O) groups excluding carboxylic acids is 2. The largest absolute Gasteiger partial charge is 0.463 e. The predicted octanol–water partition coefficient (Wildman–Crippen LogP) is 1.21. The molecule has 0 saturated carbocycles. The van der Waals surface area contributed by atoms with E-state index < -0.39 is 0 Å². The maximum atomic E-state index is 11.7. The van der Waals surface area contributed by atoms with Crippen molar-refractivity contribution < 1.29 is 19.1 Å². The number of ether oxygens (including phenoxy) is 2. The maximum Gasteiger partial charge on any atom is 0.309 e. The number of likely N-dealkylation sites (tertiary alicyclic amines) is 1. The van der Waals surface area contributed by atoms with Crippen molar-refractivity contribution in [2.45, 2.75) is 39.7 Å². The Labute approximate surface area is 108 Å². The summed E-state index contributed by atoms with van der Waals surface area (Å²) in [4.78, 5) is 24.7. The summed E-state index contributed by atoms with van der Waals surface area (Å²) in [5.74, 6) is -0.155. The first-order valence-electron chi connectivity index (χ1n) is 6.54. The van der Waals surface area contributed by atoms with Gasteiger partial charge in [0.2, 0.25) is 5.91 Å². The molecular formula is C13H23NO4. The third-order valence-corrected chi connectivity index (χ3v) is 3.05. The molecule has 18 heavy (non-hydrogen) atoms. The first-order chi connectivity index (χ1) is 8.50. The Balaban J connectivity index is 2.18. The van der Waals surface area contributed by atoms with Crippen LogP contribution in [0.25, 0.3) is 0 Å². The molecule has 104 valence electrons. The summed E-state index contributed by atoms with van der Waals surface area (Å²) in [7, 11) is 0. The zero-order valence-electron chi connectivity index (χ0n) is 11.5. The lowest BCUT2D eigenvalue weighted by Crippen LogP contribution is -2.39. The molecule has 0 spiro atoms. The van der Waals surface area contributed by atoms with Crippen LogP contribution in [0.2, 0.25) is 0 Å². The molecule has 0 aliphatic carbocycles. The molecule has 0 aromatic carbocycles. The highest BCUT2D eigenvalue weighted by Gasteiger charge is 2.26. The van der Waals surface area contributed by atoms with Crippen LogP contribution in [0, 0.1) is 5.92 Å². The standard InChI is InChI=1S/C13H23NO4/c1-10(2)17-8-9-18-13(16)12-4-6-14(7-5-12)11(3)15/h10,12H,4-9H2,1-3H3. The number of esters is 1. The summed E-state index contributed by atoms with van der Waals surface area (Å²) in [5.41, 5.74) is 0. The minimum absolute atomic E-state index is 0.0698. The van der Waals surface area contributed by atoms with Gasteiger partial charge in [-0.25, -0.2) is 0 Å². The van der Waals surface area contributed by atoms with Crippen LogP contribution in [-0.2, 0) is 19.1 Å². The average molecular weight is 257 g/mol. The Morgan fingerprint density at radius 3 is 2.33 bits per heavy atom. The lowest BCUT2D eigenvalue weighted by molar-refractivity contribution is -0.153. The third-order valence-electron chi connectivity index (χ3n) is 3.05. The zero-order chi connectivity index (χ0) is 13.5. The molecule has 1 aliphatic heterocycles. The highest BCUT2D eigenvalue weighted by atomic mass is 16.6. The fourth-order valence-corrected chi connectivity index (χ4v) is 1.97. The van der Waals surface area contributed by atoms with Crippen LogP contribution in [0.3, 0.4) is 0 Å². The van der Waals surface area contributed by atoms with E-state index in [4.69, 9.17) is 9.47 Å². The van der Waals surface area contributed by atoms with E-state index in [9.17, 15) is 9.59 Å². The van der Waals surface area contributed by atoms with Crippen LogP contribution in [0.15, 0.2) is 0 Å². The number of hydrogen-bond donors (Lipinski definition) is 0. The highest BCUT2D eigenvalue weighted by molar-refractivity contribution is 5.75. The first kappa shape index (κ1) is 15.0. The smallest absolute Gasteiger partial charge is 0.309 e. The molecule has 0 N–H and O–H groups in total. The quantitative estimate of drug-likeness (QED) is 0.549. The Morgan fingerprint density at radius 1 is 1.22 bits per heavy atom. The van der Waals surface area contributed by atoms with Crippen molar-refractivity contribution in [1.82, 2.24) is 4.90 Å². The summed E-state index contributed by atoms with van der Waals surface area (Å²) >= 11 is 0. The summed E-state index contributed by atoms with van der Waals surface area (Å²) in [6.45, 7) is 7.50. The molecule has 1 rings (SSSR count). The van der Waals surface area contributed by atoms with Gasteiger partial charge in [0.15, 0.2) is 0 Å². The van der Waals surface area contributed by atoms with Crippen LogP contribution < -0.4 is 0 Å². The Morgan fingerprint density at radius 2 is 1.83 bits per heavy atom. The SMILES string of the molecule is CC(=O)N1CCC(C(=O)OCCOC(C)C)CC1. The van der Waals surface area contributed by atoms with Crippen molar-refractivity contribution in [3.63, 3.8) is 0 Å². The third kappa shape index (κ3) is 5.04. The fourth-order valence-electron chi connectivity index (χ4n) is 1.97. The van der Waals surface area contributed by atoms with Gasteiger partial charge in [0, 0.05) is 20.0 Å². The average Bonchev–Trinajstić information content (AvgIpc) is 2.34. The summed E-state index contributed by atoms with van der Waals surface area (Å²) < 4.78 is 10.5. The van der Waals surface area contributed by atoms with Crippen molar-refractivity contribution in [3.8, 4) is 0 Å². The summed E-state index contributed by atoms with van der Waals surface area (Å²) in [6, 6.07) is 0. The Kier molecular flexibility index (Phi) is 6.12. The fraction of sp³-hybridized carbons (Fsp3) is 0.846. The molecule has 1 aliphatic rings. The Bertz CT molecular complexity index is 283. The predicted molar refractivity (Wildman–Crippen MR) is 67.0 cm³/mol. The van der Waals surface area contributed by atoms with E-state index in [2.05, 4.69) is 0 Å². The topological polar surface area (TPSA) is 55.8 Å². The molecule has 1 fully saturated rings. The van der Waals surface area contributed by atoms with Crippen LogP contribution in [-0.4, -0.2) is 49.2 Å². The van der Waals surface area contributed by atoms with Crippen molar-refractivity contribution >= 4 is 11.9 Å². The molecule has 5 heteroatoms. The molecule has 0 aromatic rings. The monoisotopic (exact) mass is 257 g/mol. The van der Waals surface area contributed by atoms with Crippen LogP contribution >= 0.6 is 0 Å². The van der Waals surface area contributed by atoms with E-state index in [0.717, 1.165) is 0 Å². The highest BCUT2D eigenvalue weighted by Crippen LogP contribution is 2.18. The van der Waals surface area contributed by atoms with E-state index >= 15 is 0 Å². The molecule has 1 heterocycles. The number of nitrogens with zero attached hydrogens (tertiary/aromatic N) is 1. The zero-order valence-corrected chi connectivity index (χ0v) is 11.5. The molecule has 0 bridgehead atoms. The van der Waals surface area contributed by atoms with Gasteiger partial charge in [-0.15, -0.1) is 0 Å².